The minimum Gasteiger partial charge on any atom is -0.276 e. The van der Waals surface area contributed by atoms with Gasteiger partial charge in [-0.1, -0.05) is 18.2 Å². The van der Waals surface area contributed by atoms with Crippen molar-refractivity contribution in [3.63, 3.8) is 0 Å². The Morgan fingerprint density at radius 3 is 2.52 bits per heavy atom. The summed E-state index contributed by atoms with van der Waals surface area (Å²) in [5, 5.41) is 0.897. The zero-order valence-corrected chi connectivity index (χ0v) is 12.1. The van der Waals surface area contributed by atoms with Crippen LogP contribution in [0.2, 0.25) is 0 Å². The van der Waals surface area contributed by atoms with Gasteiger partial charge in [0.1, 0.15) is 0 Å². The summed E-state index contributed by atoms with van der Waals surface area (Å²) in [5.74, 6) is 0. The van der Waals surface area contributed by atoms with Gasteiger partial charge in [0.05, 0.1) is 11.2 Å². The third-order valence-electron chi connectivity index (χ3n) is 3.15. The molecule has 106 valence electrons. The minimum absolute atomic E-state index is 0.0188. The lowest BCUT2D eigenvalue weighted by atomic mass is 10.1. The van der Waals surface area contributed by atoms with Crippen LogP contribution in [0.1, 0.15) is 5.56 Å². The van der Waals surface area contributed by atoms with Crippen LogP contribution in [0.5, 0.6) is 0 Å². The Balaban J connectivity index is 2.09. The molecule has 0 amide bonds. The Kier molecular flexibility index (Phi) is 3.31. The number of benzene rings is 1. The van der Waals surface area contributed by atoms with Crippen molar-refractivity contribution in [1.82, 2.24) is 9.97 Å². The van der Waals surface area contributed by atoms with E-state index in [-0.39, 0.29) is 5.03 Å². The van der Waals surface area contributed by atoms with E-state index in [0.29, 0.717) is 11.2 Å². The molecule has 1 aromatic carbocycles. The van der Waals surface area contributed by atoms with E-state index in [1.54, 1.807) is 24.4 Å². The highest BCUT2D eigenvalue weighted by molar-refractivity contribution is 7.92. The molecule has 5 nitrogen and oxygen atoms in total. The normalized spacial score (nSPS) is 11.5. The fourth-order valence-electron chi connectivity index (χ4n) is 2.10. The van der Waals surface area contributed by atoms with E-state index in [9.17, 15) is 8.42 Å². The molecule has 0 aliphatic heterocycles. The number of rotatable bonds is 3. The van der Waals surface area contributed by atoms with E-state index in [1.165, 1.54) is 12.3 Å². The lowest BCUT2D eigenvalue weighted by Crippen LogP contribution is -2.14. The third kappa shape index (κ3) is 2.57. The number of aryl methyl sites for hydroxylation is 1. The fraction of sp³-hybridized carbons (Fsp3) is 0.0667. The van der Waals surface area contributed by atoms with Gasteiger partial charge in [-0.15, -0.1) is 0 Å². The van der Waals surface area contributed by atoms with Gasteiger partial charge in [0.25, 0.3) is 10.0 Å². The second-order valence-electron chi connectivity index (χ2n) is 4.60. The first kappa shape index (κ1) is 13.5. The lowest BCUT2D eigenvalue weighted by Gasteiger charge is -2.10. The summed E-state index contributed by atoms with van der Waals surface area (Å²) in [4.78, 5) is 8.15. The van der Waals surface area contributed by atoms with Gasteiger partial charge in [-0.05, 0) is 36.8 Å². The van der Waals surface area contributed by atoms with Crippen LogP contribution in [0, 0.1) is 6.92 Å². The van der Waals surface area contributed by atoms with Crippen molar-refractivity contribution in [2.75, 3.05) is 4.72 Å². The predicted molar refractivity (Wildman–Crippen MR) is 81.5 cm³/mol. The van der Waals surface area contributed by atoms with E-state index in [1.807, 2.05) is 25.1 Å². The molecule has 3 aromatic rings. The Morgan fingerprint density at radius 2 is 1.76 bits per heavy atom. The zero-order valence-electron chi connectivity index (χ0n) is 11.3. The number of hydrogen-bond donors (Lipinski definition) is 1. The highest BCUT2D eigenvalue weighted by atomic mass is 32.2. The molecule has 0 spiro atoms. The highest BCUT2D eigenvalue weighted by Crippen LogP contribution is 2.25. The van der Waals surface area contributed by atoms with Gasteiger partial charge >= 0.3 is 0 Å². The largest absolute Gasteiger partial charge is 0.279 e. The van der Waals surface area contributed by atoms with Crippen molar-refractivity contribution in [1.29, 1.82) is 0 Å². The standard InChI is InChI=1S/C15H13N3O2S/c1-11-7-8-13(15-12(11)5-4-10-17-15)18-21(19,20)14-6-2-3-9-16-14/h2-10,18H,1H3. The molecule has 0 unspecified atom stereocenters. The van der Waals surface area contributed by atoms with Crippen molar-refractivity contribution in [3.8, 4) is 0 Å². The SMILES string of the molecule is Cc1ccc(NS(=O)(=O)c2ccccn2)c2ncccc12. The smallest absolute Gasteiger partial charge is 0.276 e. The van der Waals surface area contributed by atoms with Crippen LogP contribution in [0.4, 0.5) is 5.69 Å². The summed E-state index contributed by atoms with van der Waals surface area (Å²) in [7, 11) is -3.72. The van der Waals surface area contributed by atoms with Gasteiger partial charge in [-0.25, -0.2) is 4.98 Å². The van der Waals surface area contributed by atoms with Gasteiger partial charge in [-0.2, -0.15) is 8.42 Å². The summed E-state index contributed by atoms with van der Waals surface area (Å²) in [6.07, 6.45) is 3.08. The molecule has 0 aliphatic carbocycles. The van der Waals surface area contributed by atoms with E-state index < -0.39 is 10.0 Å². The minimum atomic E-state index is -3.72. The molecule has 1 N–H and O–H groups in total. The summed E-state index contributed by atoms with van der Waals surface area (Å²) in [6, 6.07) is 12.1. The molecule has 0 saturated heterocycles. The van der Waals surface area contributed by atoms with Crippen LogP contribution in [-0.4, -0.2) is 18.4 Å². The van der Waals surface area contributed by atoms with Crippen molar-refractivity contribution < 1.29 is 8.42 Å². The maximum atomic E-state index is 12.3. The van der Waals surface area contributed by atoms with Gasteiger partial charge < -0.3 is 0 Å². The number of nitrogens with zero attached hydrogens (tertiary/aromatic N) is 2. The number of aromatic nitrogens is 2. The number of fused-ring (bicyclic) bond motifs is 1. The van der Waals surface area contributed by atoms with E-state index in [2.05, 4.69) is 14.7 Å². The second-order valence-corrected chi connectivity index (χ2v) is 6.23. The molecule has 2 aromatic heterocycles. The van der Waals surface area contributed by atoms with Crippen LogP contribution in [0.15, 0.2) is 59.9 Å². The van der Waals surface area contributed by atoms with Crippen LogP contribution in [0.25, 0.3) is 10.9 Å². The van der Waals surface area contributed by atoms with Crippen molar-refractivity contribution in [2.24, 2.45) is 0 Å². The highest BCUT2D eigenvalue weighted by Gasteiger charge is 2.17. The molecular weight excluding hydrogens is 286 g/mol. The number of pyridine rings is 2. The number of anilines is 1. The molecule has 6 heteroatoms. The Morgan fingerprint density at radius 1 is 0.952 bits per heavy atom. The molecule has 2 heterocycles. The third-order valence-corrected chi connectivity index (χ3v) is 4.43. The lowest BCUT2D eigenvalue weighted by molar-refractivity contribution is 0.597. The Bertz CT molecular complexity index is 893. The van der Waals surface area contributed by atoms with Gasteiger partial charge in [0.2, 0.25) is 0 Å². The molecule has 3 rings (SSSR count). The number of hydrogen-bond acceptors (Lipinski definition) is 4. The molecule has 0 atom stereocenters. The van der Waals surface area contributed by atoms with Crippen molar-refractivity contribution in [3.05, 3.63) is 60.4 Å². The maximum absolute atomic E-state index is 12.3. The Labute approximate surface area is 122 Å². The first-order chi connectivity index (χ1) is 10.1. The monoisotopic (exact) mass is 299 g/mol. The average molecular weight is 299 g/mol. The maximum Gasteiger partial charge on any atom is 0.279 e. The average Bonchev–Trinajstić information content (AvgIpc) is 2.51. The molecule has 0 aliphatic rings. The van der Waals surface area contributed by atoms with Crippen LogP contribution >= 0.6 is 0 Å². The van der Waals surface area contributed by atoms with Crippen molar-refractivity contribution in [2.45, 2.75) is 11.9 Å². The van der Waals surface area contributed by atoms with Gasteiger partial charge in [-0.3, -0.25) is 9.71 Å². The van der Waals surface area contributed by atoms with E-state index >= 15 is 0 Å². The van der Waals surface area contributed by atoms with Crippen LogP contribution < -0.4 is 4.72 Å². The Hall–Kier alpha value is -2.47. The summed E-state index contributed by atoms with van der Waals surface area (Å²) in [6.45, 7) is 1.96. The summed E-state index contributed by atoms with van der Waals surface area (Å²) < 4.78 is 27.2. The van der Waals surface area contributed by atoms with Gasteiger partial charge in [0.15, 0.2) is 5.03 Å². The summed E-state index contributed by atoms with van der Waals surface area (Å²) >= 11 is 0. The summed E-state index contributed by atoms with van der Waals surface area (Å²) in [5.41, 5.74) is 2.11. The quantitative estimate of drug-likeness (QED) is 0.807. The zero-order chi connectivity index (χ0) is 14.9. The number of nitrogens with one attached hydrogen (secondary N) is 1. The second kappa shape index (κ2) is 5.14. The first-order valence-corrected chi connectivity index (χ1v) is 7.84. The molecule has 21 heavy (non-hydrogen) atoms. The van der Waals surface area contributed by atoms with E-state index in [0.717, 1.165) is 10.9 Å². The first-order valence-electron chi connectivity index (χ1n) is 6.36. The van der Waals surface area contributed by atoms with Crippen LogP contribution in [-0.2, 0) is 10.0 Å². The molecular formula is C15H13N3O2S. The van der Waals surface area contributed by atoms with Crippen molar-refractivity contribution >= 4 is 26.6 Å². The van der Waals surface area contributed by atoms with Gasteiger partial charge in [0, 0.05) is 17.8 Å². The molecule has 0 fully saturated rings. The van der Waals surface area contributed by atoms with E-state index in [4.69, 9.17) is 0 Å². The van der Waals surface area contributed by atoms with Crippen LogP contribution in [0.3, 0.4) is 0 Å². The molecule has 0 saturated carbocycles. The topological polar surface area (TPSA) is 72.0 Å². The molecule has 0 radical (unpaired) electrons. The predicted octanol–water partition coefficient (Wildman–Crippen LogP) is 2.74. The fourth-order valence-corrected chi connectivity index (χ4v) is 3.12. The molecule has 0 bridgehead atoms. The number of sulfonamides is 1.